The lowest BCUT2D eigenvalue weighted by Gasteiger charge is -2.36. The topological polar surface area (TPSA) is 69.7 Å². The van der Waals surface area contributed by atoms with Crippen molar-refractivity contribution >= 4 is 21.6 Å². The van der Waals surface area contributed by atoms with E-state index in [0.717, 1.165) is 16.8 Å². The summed E-state index contributed by atoms with van der Waals surface area (Å²) in [4.78, 5) is 14.6. The number of carbonyl (C=O) groups is 1. The van der Waals surface area contributed by atoms with Crippen LogP contribution in [0.15, 0.2) is 54.6 Å². The van der Waals surface area contributed by atoms with E-state index in [0.29, 0.717) is 26.2 Å². The second-order valence-electron chi connectivity index (χ2n) is 7.21. The highest BCUT2D eigenvalue weighted by Gasteiger charge is 2.30. The number of hydrogen-bond donors (Lipinski definition) is 1. The van der Waals surface area contributed by atoms with E-state index in [1.807, 2.05) is 73.3 Å². The Morgan fingerprint density at radius 1 is 1.04 bits per heavy atom. The number of hydrogen-bond acceptors (Lipinski definition) is 4. The van der Waals surface area contributed by atoms with Crippen molar-refractivity contribution in [3.05, 3.63) is 65.7 Å². The molecule has 0 aromatic heterocycles. The van der Waals surface area contributed by atoms with E-state index in [-0.39, 0.29) is 17.7 Å². The molecule has 0 aliphatic carbocycles. The van der Waals surface area contributed by atoms with Crippen LogP contribution in [-0.4, -0.2) is 55.8 Å². The predicted molar refractivity (Wildman–Crippen MR) is 111 cm³/mol. The molecule has 1 aliphatic heterocycles. The average molecular weight is 402 g/mol. The lowest BCUT2D eigenvalue weighted by molar-refractivity contribution is -0.121. The lowest BCUT2D eigenvalue weighted by Crippen LogP contribution is -2.54. The fourth-order valence-electron chi connectivity index (χ4n) is 3.38. The van der Waals surface area contributed by atoms with Crippen LogP contribution in [0.1, 0.15) is 18.1 Å². The third-order valence-corrected chi connectivity index (χ3v) is 6.92. The number of sulfonamides is 1. The molecule has 1 N–H and O–H groups in total. The number of nitrogens with zero attached hydrogens (tertiary/aromatic N) is 2. The Bertz CT molecular complexity index is 908. The SMILES string of the molecule is Cc1cccc(NC(=O)[C@H](C)N2CCN(S(=O)(=O)Cc3ccccc3)CC2)c1. The van der Waals surface area contributed by atoms with Crippen molar-refractivity contribution in [2.75, 3.05) is 31.5 Å². The molecule has 1 fully saturated rings. The third kappa shape index (κ3) is 5.19. The maximum absolute atomic E-state index is 12.7. The lowest BCUT2D eigenvalue weighted by atomic mass is 10.2. The van der Waals surface area contributed by atoms with Crippen molar-refractivity contribution < 1.29 is 13.2 Å². The first kappa shape index (κ1) is 20.5. The van der Waals surface area contributed by atoms with Crippen molar-refractivity contribution in [1.82, 2.24) is 9.21 Å². The maximum atomic E-state index is 12.7. The van der Waals surface area contributed by atoms with Gasteiger partial charge in [0.05, 0.1) is 11.8 Å². The van der Waals surface area contributed by atoms with Gasteiger partial charge < -0.3 is 5.32 Å². The first-order valence-corrected chi connectivity index (χ1v) is 11.1. The first-order valence-electron chi connectivity index (χ1n) is 9.48. The van der Waals surface area contributed by atoms with Crippen LogP contribution in [-0.2, 0) is 20.6 Å². The Kier molecular flexibility index (Phi) is 6.49. The minimum atomic E-state index is -3.35. The molecule has 1 heterocycles. The molecule has 1 aliphatic rings. The van der Waals surface area contributed by atoms with Crippen LogP contribution in [0.2, 0.25) is 0 Å². The van der Waals surface area contributed by atoms with Crippen LogP contribution in [0, 0.1) is 6.92 Å². The van der Waals surface area contributed by atoms with Crippen molar-refractivity contribution in [3.8, 4) is 0 Å². The van der Waals surface area contributed by atoms with Gasteiger partial charge in [-0.1, -0.05) is 42.5 Å². The van der Waals surface area contributed by atoms with E-state index < -0.39 is 10.0 Å². The Hall–Kier alpha value is -2.22. The second kappa shape index (κ2) is 8.86. The molecule has 6 nitrogen and oxygen atoms in total. The minimum Gasteiger partial charge on any atom is -0.325 e. The second-order valence-corrected chi connectivity index (χ2v) is 9.18. The zero-order valence-corrected chi connectivity index (χ0v) is 17.2. The molecular weight excluding hydrogens is 374 g/mol. The van der Waals surface area contributed by atoms with Crippen molar-refractivity contribution in [2.45, 2.75) is 25.6 Å². The molecule has 7 heteroatoms. The smallest absolute Gasteiger partial charge is 0.241 e. The van der Waals surface area contributed by atoms with Gasteiger partial charge in [-0.05, 0) is 37.1 Å². The quantitative estimate of drug-likeness (QED) is 0.807. The summed E-state index contributed by atoms with van der Waals surface area (Å²) in [6, 6.07) is 16.6. The molecular formula is C21H27N3O3S. The van der Waals surface area contributed by atoms with E-state index in [9.17, 15) is 13.2 Å². The summed E-state index contributed by atoms with van der Waals surface area (Å²) in [6.07, 6.45) is 0. The fourth-order valence-corrected chi connectivity index (χ4v) is 4.90. The normalized spacial score (nSPS) is 17.2. The summed E-state index contributed by atoms with van der Waals surface area (Å²) < 4.78 is 26.9. The zero-order valence-electron chi connectivity index (χ0n) is 16.3. The van der Waals surface area contributed by atoms with Crippen LogP contribution in [0.25, 0.3) is 0 Å². The molecule has 2 aromatic rings. The number of piperazine rings is 1. The first-order chi connectivity index (χ1) is 13.3. The van der Waals surface area contributed by atoms with Crippen molar-refractivity contribution in [1.29, 1.82) is 0 Å². The number of benzene rings is 2. The molecule has 1 atom stereocenters. The number of aryl methyl sites for hydroxylation is 1. The molecule has 1 amide bonds. The van der Waals surface area contributed by atoms with Gasteiger partial charge in [-0.3, -0.25) is 9.69 Å². The molecule has 3 rings (SSSR count). The highest BCUT2D eigenvalue weighted by atomic mass is 32.2. The summed E-state index contributed by atoms with van der Waals surface area (Å²) in [5.41, 5.74) is 2.65. The summed E-state index contributed by atoms with van der Waals surface area (Å²) in [6.45, 7) is 5.72. The van der Waals surface area contributed by atoms with E-state index in [4.69, 9.17) is 0 Å². The number of rotatable bonds is 6. The Labute approximate surface area is 167 Å². The Morgan fingerprint density at radius 3 is 2.36 bits per heavy atom. The van der Waals surface area contributed by atoms with E-state index >= 15 is 0 Å². The van der Waals surface area contributed by atoms with Gasteiger partial charge in [0.2, 0.25) is 15.9 Å². The molecule has 0 bridgehead atoms. The van der Waals surface area contributed by atoms with Crippen LogP contribution in [0.3, 0.4) is 0 Å². The van der Waals surface area contributed by atoms with E-state index in [1.54, 1.807) is 0 Å². The Morgan fingerprint density at radius 2 is 1.71 bits per heavy atom. The van der Waals surface area contributed by atoms with Gasteiger partial charge in [0.1, 0.15) is 0 Å². The van der Waals surface area contributed by atoms with Crippen LogP contribution < -0.4 is 5.32 Å². The standard InChI is InChI=1S/C21H27N3O3S/c1-17-7-6-10-20(15-17)22-21(25)18(2)23-11-13-24(14-12-23)28(26,27)16-19-8-4-3-5-9-19/h3-10,15,18H,11-14,16H2,1-2H3,(H,22,25)/t18-/m0/s1. The van der Waals surface area contributed by atoms with Crippen molar-refractivity contribution in [2.24, 2.45) is 0 Å². The van der Waals surface area contributed by atoms with E-state index in [2.05, 4.69) is 5.32 Å². The predicted octanol–water partition coefficient (Wildman–Crippen LogP) is 2.47. The van der Waals surface area contributed by atoms with Crippen LogP contribution in [0.4, 0.5) is 5.69 Å². The highest BCUT2D eigenvalue weighted by molar-refractivity contribution is 7.88. The summed E-state index contributed by atoms with van der Waals surface area (Å²) in [5, 5.41) is 2.94. The van der Waals surface area contributed by atoms with Gasteiger partial charge in [0.15, 0.2) is 0 Å². The number of anilines is 1. The monoisotopic (exact) mass is 401 g/mol. The van der Waals surface area contributed by atoms with Gasteiger partial charge in [-0.15, -0.1) is 0 Å². The molecule has 0 saturated carbocycles. The summed E-state index contributed by atoms with van der Waals surface area (Å²) in [7, 11) is -3.35. The molecule has 150 valence electrons. The maximum Gasteiger partial charge on any atom is 0.241 e. The minimum absolute atomic E-state index is 0.0111. The third-order valence-electron chi connectivity index (χ3n) is 5.07. The number of carbonyl (C=O) groups excluding carboxylic acids is 1. The van der Waals surface area contributed by atoms with Gasteiger partial charge in [-0.25, -0.2) is 8.42 Å². The van der Waals surface area contributed by atoms with Gasteiger partial charge >= 0.3 is 0 Å². The van der Waals surface area contributed by atoms with Crippen LogP contribution in [0.5, 0.6) is 0 Å². The molecule has 2 aromatic carbocycles. The van der Waals surface area contributed by atoms with Crippen molar-refractivity contribution in [3.63, 3.8) is 0 Å². The molecule has 1 saturated heterocycles. The summed E-state index contributed by atoms with van der Waals surface area (Å²) >= 11 is 0. The zero-order chi connectivity index (χ0) is 20.1. The molecule has 0 spiro atoms. The highest BCUT2D eigenvalue weighted by Crippen LogP contribution is 2.16. The van der Waals surface area contributed by atoms with E-state index in [1.165, 1.54) is 4.31 Å². The fraction of sp³-hybridized carbons (Fsp3) is 0.381. The van der Waals surface area contributed by atoms with Gasteiger partial charge in [0, 0.05) is 31.9 Å². The van der Waals surface area contributed by atoms with Gasteiger partial charge in [0.25, 0.3) is 0 Å². The van der Waals surface area contributed by atoms with Crippen LogP contribution >= 0.6 is 0 Å². The number of amides is 1. The molecule has 0 radical (unpaired) electrons. The molecule has 0 unspecified atom stereocenters. The molecule has 28 heavy (non-hydrogen) atoms. The summed E-state index contributed by atoms with van der Waals surface area (Å²) in [5.74, 6) is -0.0665. The Balaban J connectivity index is 1.54. The average Bonchev–Trinajstić information content (AvgIpc) is 2.68. The largest absolute Gasteiger partial charge is 0.325 e. The number of nitrogens with one attached hydrogen (secondary N) is 1. The van der Waals surface area contributed by atoms with Gasteiger partial charge in [-0.2, -0.15) is 4.31 Å².